The molecular formula is C16H26N2O2. The number of carbonyl (C=O) groups excluding carboxylic acids is 1. The van der Waals surface area contributed by atoms with Gasteiger partial charge in [-0.15, -0.1) is 0 Å². The molecule has 1 rings (SSSR count). The van der Waals surface area contributed by atoms with Crippen LogP contribution in [0.3, 0.4) is 0 Å². The van der Waals surface area contributed by atoms with E-state index in [2.05, 4.69) is 5.32 Å². The molecule has 0 aromatic heterocycles. The summed E-state index contributed by atoms with van der Waals surface area (Å²) >= 11 is 0. The van der Waals surface area contributed by atoms with Gasteiger partial charge in [-0.25, -0.2) is 0 Å². The highest BCUT2D eigenvalue weighted by Gasteiger charge is 2.27. The second-order valence-corrected chi connectivity index (χ2v) is 5.71. The van der Waals surface area contributed by atoms with Gasteiger partial charge in [-0.1, -0.05) is 19.1 Å². The first-order chi connectivity index (χ1) is 9.26. The smallest absolute Gasteiger partial charge is 0.240 e. The van der Waals surface area contributed by atoms with E-state index in [1.807, 2.05) is 52.0 Å². The fourth-order valence-electron chi connectivity index (χ4n) is 1.73. The van der Waals surface area contributed by atoms with E-state index in [0.29, 0.717) is 6.42 Å². The molecule has 0 saturated heterocycles. The molecule has 0 aliphatic carbocycles. The van der Waals surface area contributed by atoms with E-state index in [1.165, 1.54) is 0 Å². The number of benzene rings is 1. The third kappa shape index (κ3) is 4.53. The van der Waals surface area contributed by atoms with Crippen molar-refractivity contribution in [3.63, 3.8) is 0 Å². The quantitative estimate of drug-likeness (QED) is 0.841. The molecule has 0 saturated carbocycles. The SMILES string of the molecule is CCC(C)(N)C(=O)NC(C)c1cccc(OC(C)C)c1. The Hall–Kier alpha value is -1.55. The second-order valence-electron chi connectivity index (χ2n) is 5.71. The summed E-state index contributed by atoms with van der Waals surface area (Å²) in [6.07, 6.45) is 0.727. The molecule has 112 valence electrons. The Kier molecular flexibility index (Phi) is 5.57. The second kappa shape index (κ2) is 6.75. The third-order valence-electron chi connectivity index (χ3n) is 3.33. The minimum absolute atomic E-state index is 0.104. The van der Waals surface area contributed by atoms with Gasteiger partial charge < -0.3 is 15.8 Å². The third-order valence-corrected chi connectivity index (χ3v) is 3.33. The average molecular weight is 278 g/mol. The number of amides is 1. The molecule has 4 nitrogen and oxygen atoms in total. The number of hydrogen-bond donors (Lipinski definition) is 2. The van der Waals surface area contributed by atoms with Crippen molar-refractivity contribution in [3.8, 4) is 5.75 Å². The fourth-order valence-corrected chi connectivity index (χ4v) is 1.73. The van der Waals surface area contributed by atoms with Crippen LogP contribution >= 0.6 is 0 Å². The summed E-state index contributed by atoms with van der Waals surface area (Å²) in [5.74, 6) is 0.673. The molecule has 0 heterocycles. The predicted octanol–water partition coefficient (Wildman–Crippen LogP) is 2.78. The van der Waals surface area contributed by atoms with Crippen molar-refractivity contribution < 1.29 is 9.53 Å². The van der Waals surface area contributed by atoms with Crippen LogP contribution in [0.2, 0.25) is 0 Å². The van der Waals surface area contributed by atoms with Crippen LogP contribution in [0.15, 0.2) is 24.3 Å². The maximum absolute atomic E-state index is 12.1. The van der Waals surface area contributed by atoms with Crippen molar-refractivity contribution in [2.24, 2.45) is 5.73 Å². The summed E-state index contributed by atoms with van der Waals surface area (Å²) in [7, 11) is 0. The minimum atomic E-state index is -0.833. The fraction of sp³-hybridized carbons (Fsp3) is 0.562. The molecule has 2 unspecified atom stereocenters. The highest BCUT2D eigenvalue weighted by molar-refractivity contribution is 5.85. The lowest BCUT2D eigenvalue weighted by molar-refractivity contribution is -0.126. The van der Waals surface area contributed by atoms with Crippen molar-refractivity contribution in [2.75, 3.05) is 0 Å². The summed E-state index contributed by atoms with van der Waals surface area (Å²) in [4.78, 5) is 12.1. The summed E-state index contributed by atoms with van der Waals surface area (Å²) < 4.78 is 5.66. The molecule has 0 radical (unpaired) electrons. The van der Waals surface area contributed by atoms with Crippen LogP contribution in [-0.4, -0.2) is 17.6 Å². The first kappa shape index (κ1) is 16.5. The molecular weight excluding hydrogens is 252 g/mol. The molecule has 0 spiro atoms. The number of nitrogens with one attached hydrogen (secondary N) is 1. The van der Waals surface area contributed by atoms with Gasteiger partial charge in [0.25, 0.3) is 0 Å². The van der Waals surface area contributed by atoms with Gasteiger partial charge in [0.15, 0.2) is 0 Å². The Bertz CT molecular complexity index is 456. The largest absolute Gasteiger partial charge is 0.491 e. The van der Waals surface area contributed by atoms with E-state index in [9.17, 15) is 4.79 Å². The van der Waals surface area contributed by atoms with Crippen LogP contribution in [0.1, 0.15) is 52.6 Å². The summed E-state index contributed by atoms with van der Waals surface area (Å²) in [6.45, 7) is 9.56. The lowest BCUT2D eigenvalue weighted by Crippen LogP contribution is -2.51. The highest BCUT2D eigenvalue weighted by atomic mass is 16.5. The van der Waals surface area contributed by atoms with Gasteiger partial charge in [-0.2, -0.15) is 0 Å². The Balaban J connectivity index is 2.77. The minimum Gasteiger partial charge on any atom is -0.491 e. The number of nitrogens with two attached hydrogens (primary N) is 1. The van der Waals surface area contributed by atoms with E-state index >= 15 is 0 Å². The zero-order valence-corrected chi connectivity index (χ0v) is 13.1. The van der Waals surface area contributed by atoms with Crippen LogP contribution < -0.4 is 15.8 Å². The van der Waals surface area contributed by atoms with Crippen LogP contribution in [0.25, 0.3) is 0 Å². The van der Waals surface area contributed by atoms with Crippen molar-refractivity contribution >= 4 is 5.91 Å². The monoisotopic (exact) mass is 278 g/mol. The first-order valence-electron chi connectivity index (χ1n) is 7.12. The predicted molar refractivity (Wildman–Crippen MR) is 81.6 cm³/mol. The molecule has 20 heavy (non-hydrogen) atoms. The summed E-state index contributed by atoms with van der Waals surface area (Å²) in [6, 6.07) is 7.66. The number of rotatable bonds is 6. The van der Waals surface area contributed by atoms with Crippen LogP contribution in [0, 0.1) is 0 Å². The lowest BCUT2D eigenvalue weighted by Gasteiger charge is -2.25. The topological polar surface area (TPSA) is 64.4 Å². The standard InChI is InChI=1S/C16H26N2O2/c1-6-16(5,17)15(19)18-12(4)13-8-7-9-14(10-13)20-11(2)3/h7-12H,6,17H2,1-5H3,(H,18,19). The van der Waals surface area contributed by atoms with Gasteiger partial charge in [0.05, 0.1) is 17.7 Å². The Morgan fingerprint density at radius 3 is 2.60 bits per heavy atom. The maximum Gasteiger partial charge on any atom is 0.240 e. The van der Waals surface area contributed by atoms with Gasteiger partial charge in [0.1, 0.15) is 5.75 Å². The molecule has 4 heteroatoms. The lowest BCUT2D eigenvalue weighted by atomic mass is 9.98. The zero-order chi connectivity index (χ0) is 15.3. The van der Waals surface area contributed by atoms with Gasteiger partial charge in [-0.05, 0) is 51.8 Å². The first-order valence-corrected chi connectivity index (χ1v) is 7.12. The number of ether oxygens (including phenoxy) is 1. The Morgan fingerprint density at radius 2 is 2.05 bits per heavy atom. The van der Waals surface area contributed by atoms with Crippen LogP contribution in [0.4, 0.5) is 0 Å². The number of hydrogen-bond acceptors (Lipinski definition) is 3. The normalized spacial score (nSPS) is 15.6. The Labute approximate surface area is 121 Å². The molecule has 2 atom stereocenters. The van der Waals surface area contributed by atoms with E-state index in [-0.39, 0.29) is 18.1 Å². The zero-order valence-electron chi connectivity index (χ0n) is 13.1. The molecule has 0 bridgehead atoms. The van der Waals surface area contributed by atoms with Crippen molar-refractivity contribution in [2.45, 2.75) is 58.7 Å². The van der Waals surface area contributed by atoms with E-state index in [1.54, 1.807) is 6.92 Å². The maximum atomic E-state index is 12.1. The highest BCUT2D eigenvalue weighted by Crippen LogP contribution is 2.20. The Morgan fingerprint density at radius 1 is 1.40 bits per heavy atom. The van der Waals surface area contributed by atoms with Gasteiger partial charge in [0.2, 0.25) is 5.91 Å². The molecule has 1 amide bonds. The molecule has 3 N–H and O–H groups in total. The van der Waals surface area contributed by atoms with Crippen molar-refractivity contribution in [1.29, 1.82) is 0 Å². The summed E-state index contributed by atoms with van der Waals surface area (Å²) in [5, 5.41) is 2.95. The van der Waals surface area contributed by atoms with Crippen LogP contribution in [-0.2, 0) is 4.79 Å². The van der Waals surface area contributed by atoms with Gasteiger partial charge in [-0.3, -0.25) is 4.79 Å². The molecule has 0 aliphatic rings. The number of carbonyl (C=O) groups is 1. The van der Waals surface area contributed by atoms with Gasteiger partial charge >= 0.3 is 0 Å². The molecule has 0 aliphatic heterocycles. The van der Waals surface area contributed by atoms with E-state index in [0.717, 1.165) is 11.3 Å². The van der Waals surface area contributed by atoms with E-state index in [4.69, 9.17) is 10.5 Å². The average Bonchev–Trinajstić information content (AvgIpc) is 2.38. The van der Waals surface area contributed by atoms with Crippen molar-refractivity contribution in [3.05, 3.63) is 29.8 Å². The molecule has 1 aromatic rings. The van der Waals surface area contributed by atoms with E-state index < -0.39 is 5.54 Å². The van der Waals surface area contributed by atoms with Crippen LogP contribution in [0.5, 0.6) is 5.75 Å². The van der Waals surface area contributed by atoms with Crippen molar-refractivity contribution in [1.82, 2.24) is 5.32 Å². The molecule has 1 aromatic carbocycles. The van der Waals surface area contributed by atoms with Gasteiger partial charge in [0, 0.05) is 0 Å². The summed E-state index contributed by atoms with van der Waals surface area (Å²) in [5.41, 5.74) is 6.12. The molecule has 0 fully saturated rings.